The lowest BCUT2D eigenvalue weighted by atomic mass is 10.2. The summed E-state index contributed by atoms with van der Waals surface area (Å²) in [5.41, 5.74) is 5.32. The first-order valence-electron chi connectivity index (χ1n) is 21.2. The van der Waals surface area contributed by atoms with Crippen molar-refractivity contribution in [1.82, 2.24) is 0 Å². The monoisotopic (exact) mass is 853 g/mol. The van der Waals surface area contributed by atoms with Crippen LogP contribution in [0.15, 0.2) is 134 Å². The number of phosphoric acid groups is 1. The Morgan fingerprint density at radius 2 is 0.883 bits per heavy atom. The van der Waals surface area contributed by atoms with Crippen LogP contribution in [0.25, 0.3) is 0 Å². The average Bonchev–Trinajstić information content (AvgIpc) is 3.22. The summed E-state index contributed by atoms with van der Waals surface area (Å²) >= 11 is 0. The molecule has 0 saturated heterocycles. The minimum atomic E-state index is -4.76. The molecule has 60 heavy (non-hydrogen) atoms. The Hall–Kier alpha value is -4.38. The lowest BCUT2D eigenvalue weighted by Crippen LogP contribution is -2.34. The molecule has 0 aromatic rings. The number of nitrogens with two attached hydrogens (primary N) is 1. The van der Waals surface area contributed by atoms with E-state index in [0.717, 1.165) is 64.2 Å². The molecule has 0 aromatic heterocycles. The molecule has 0 aliphatic rings. The number of carbonyl (C=O) groups is 3. The number of rotatable bonds is 37. The lowest BCUT2D eigenvalue weighted by molar-refractivity contribution is -0.161. The normalized spacial score (nSPS) is 15.0. The van der Waals surface area contributed by atoms with Crippen LogP contribution < -0.4 is 5.73 Å². The molecule has 0 aliphatic carbocycles. The van der Waals surface area contributed by atoms with E-state index in [1.165, 1.54) is 0 Å². The van der Waals surface area contributed by atoms with Crippen LogP contribution in [0.2, 0.25) is 0 Å². The van der Waals surface area contributed by atoms with Gasteiger partial charge in [-0.1, -0.05) is 148 Å². The highest BCUT2D eigenvalue weighted by Gasteiger charge is 2.28. The van der Waals surface area contributed by atoms with Crippen LogP contribution in [-0.4, -0.2) is 59.9 Å². The zero-order valence-corrected chi connectivity index (χ0v) is 36.9. The number of phosphoric ester groups is 1. The smallest absolute Gasteiger partial charge is 0.472 e. The summed E-state index contributed by atoms with van der Waals surface area (Å²) in [5.74, 6) is -2.58. The first kappa shape index (κ1) is 55.6. The highest BCUT2D eigenvalue weighted by atomic mass is 31.2. The molecule has 0 fully saturated rings. The van der Waals surface area contributed by atoms with E-state index < -0.39 is 57.7 Å². The van der Waals surface area contributed by atoms with Crippen molar-refractivity contribution < 1.29 is 47.5 Å². The van der Waals surface area contributed by atoms with E-state index in [4.69, 9.17) is 24.8 Å². The standard InChI is InChI=1S/C48H72NO10P/c1-3-5-7-9-11-13-15-17-19-21-22-24-26-28-30-32-34-36-38-40-47(51)59-44(42-57-60(54,55)58-43-45(49)48(52)53)41-56-46(50)39-37-35-33-31-29-27-25-23-20-18-16-14-12-10-8-6-4-2/h5-8,11-14,17-20,22,24-25,27-28,30-31,33-34,36,44-45H,3-4,9-10,15-16,21,23,26,29,32,35,37-43,49H2,1-2H3,(H,52,53)(H,54,55)/b7-5-,8-6-,13-11-,14-12-,19-17-,20-18-,24-22-,27-25-,30-28-,33-31-,36-34-/t44-,45+/m1/s1. The maximum atomic E-state index is 12.6. The Morgan fingerprint density at radius 3 is 1.28 bits per heavy atom. The summed E-state index contributed by atoms with van der Waals surface area (Å²) in [4.78, 5) is 45.9. The van der Waals surface area contributed by atoms with Gasteiger partial charge >= 0.3 is 25.7 Å². The molecule has 0 rings (SSSR count). The Labute approximate surface area is 360 Å². The predicted octanol–water partition coefficient (Wildman–Crippen LogP) is 11.4. The molecule has 4 N–H and O–H groups in total. The number of carboxylic acids is 1. The third-order valence-electron chi connectivity index (χ3n) is 7.91. The molecule has 0 amide bonds. The van der Waals surface area contributed by atoms with Gasteiger partial charge in [-0.15, -0.1) is 0 Å². The molecule has 0 bridgehead atoms. The van der Waals surface area contributed by atoms with Gasteiger partial charge in [-0.25, -0.2) is 4.57 Å². The number of hydrogen-bond donors (Lipinski definition) is 3. The predicted molar refractivity (Wildman–Crippen MR) is 244 cm³/mol. The van der Waals surface area contributed by atoms with Crippen molar-refractivity contribution in [3.8, 4) is 0 Å². The number of hydrogen-bond acceptors (Lipinski definition) is 9. The molecule has 3 atom stereocenters. The highest BCUT2D eigenvalue weighted by molar-refractivity contribution is 7.47. The molecule has 1 unspecified atom stereocenters. The molecular formula is C48H72NO10P. The molecule has 0 saturated carbocycles. The summed E-state index contributed by atoms with van der Waals surface area (Å²) in [6.07, 6.45) is 56.8. The minimum Gasteiger partial charge on any atom is -0.480 e. The number of esters is 2. The van der Waals surface area contributed by atoms with Gasteiger partial charge in [0.05, 0.1) is 13.2 Å². The van der Waals surface area contributed by atoms with Gasteiger partial charge in [0.15, 0.2) is 6.10 Å². The topological polar surface area (TPSA) is 172 Å². The zero-order valence-electron chi connectivity index (χ0n) is 36.0. The molecular weight excluding hydrogens is 781 g/mol. The van der Waals surface area contributed by atoms with Gasteiger partial charge in [-0.05, 0) is 89.9 Å². The summed E-state index contributed by atoms with van der Waals surface area (Å²) in [5, 5.41) is 8.89. The fraction of sp³-hybridized carbons (Fsp3) is 0.479. The second-order valence-electron chi connectivity index (χ2n) is 13.4. The minimum absolute atomic E-state index is 0.0145. The van der Waals surface area contributed by atoms with E-state index in [-0.39, 0.29) is 12.8 Å². The molecule has 0 radical (unpaired) electrons. The van der Waals surface area contributed by atoms with Crippen LogP contribution in [0.5, 0.6) is 0 Å². The molecule has 11 nitrogen and oxygen atoms in total. The van der Waals surface area contributed by atoms with Crippen LogP contribution in [0.4, 0.5) is 0 Å². The Kier molecular flexibility index (Phi) is 38.3. The molecule has 0 aromatic carbocycles. The number of unbranched alkanes of at least 4 members (excludes halogenated alkanes) is 1. The quantitative estimate of drug-likeness (QED) is 0.0235. The van der Waals surface area contributed by atoms with Crippen LogP contribution in [0.3, 0.4) is 0 Å². The first-order valence-corrected chi connectivity index (χ1v) is 22.7. The van der Waals surface area contributed by atoms with Crippen LogP contribution in [0, 0.1) is 0 Å². The number of carboxylic acid groups (broad SMARTS) is 1. The number of allylic oxidation sites excluding steroid dienone is 22. The zero-order chi connectivity index (χ0) is 44.2. The van der Waals surface area contributed by atoms with Gasteiger partial charge in [-0.3, -0.25) is 23.4 Å². The Bertz CT molecular complexity index is 1520. The van der Waals surface area contributed by atoms with Gasteiger partial charge in [0.1, 0.15) is 12.6 Å². The summed E-state index contributed by atoms with van der Waals surface area (Å²) in [7, 11) is -4.76. The van der Waals surface area contributed by atoms with Gasteiger partial charge in [0.2, 0.25) is 0 Å². The van der Waals surface area contributed by atoms with Crippen molar-refractivity contribution in [1.29, 1.82) is 0 Å². The van der Waals surface area contributed by atoms with E-state index in [9.17, 15) is 23.8 Å². The van der Waals surface area contributed by atoms with Gasteiger partial charge in [-0.2, -0.15) is 0 Å². The van der Waals surface area contributed by atoms with E-state index in [0.29, 0.717) is 25.7 Å². The molecule has 334 valence electrons. The third kappa shape index (κ3) is 40.4. The first-order chi connectivity index (χ1) is 29.1. The number of carbonyl (C=O) groups excluding carboxylic acids is 2. The largest absolute Gasteiger partial charge is 0.480 e. The third-order valence-corrected chi connectivity index (χ3v) is 8.86. The highest BCUT2D eigenvalue weighted by Crippen LogP contribution is 2.43. The molecule has 0 aliphatic heterocycles. The van der Waals surface area contributed by atoms with Crippen molar-refractivity contribution in [2.45, 2.75) is 129 Å². The van der Waals surface area contributed by atoms with Gasteiger partial charge in [0.25, 0.3) is 0 Å². The van der Waals surface area contributed by atoms with E-state index in [1.54, 1.807) is 0 Å². The van der Waals surface area contributed by atoms with Gasteiger partial charge in [0, 0.05) is 12.8 Å². The molecule has 12 heteroatoms. The van der Waals surface area contributed by atoms with Crippen LogP contribution in [0.1, 0.15) is 117 Å². The fourth-order valence-electron chi connectivity index (χ4n) is 4.65. The fourth-order valence-corrected chi connectivity index (χ4v) is 5.43. The van der Waals surface area contributed by atoms with Crippen molar-refractivity contribution in [3.63, 3.8) is 0 Å². The number of aliphatic carboxylic acids is 1. The Morgan fingerprint density at radius 1 is 0.517 bits per heavy atom. The summed E-state index contributed by atoms with van der Waals surface area (Å²) < 4.78 is 32.5. The molecule has 0 heterocycles. The second-order valence-corrected chi connectivity index (χ2v) is 14.8. The van der Waals surface area contributed by atoms with Crippen molar-refractivity contribution >= 4 is 25.7 Å². The summed E-state index contributed by atoms with van der Waals surface area (Å²) in [6.45, 7) is 2.40. The van der Waals surface area contributed by atoms with Crippen LogP contribution in [-0.2, 0) is 37.5 Å². The molecule has 0 spiro atoms. The SMILES string of the molecule is CC/C=C\C/C=C\C/C=C\C/C=C\C/C=C\C/C=C\CCC(=O)O[C@H](COC(=O)CCC/C=C\C/C=C\C/C=C\C/C=C\C/C=C\CC)COP(=O)(O)OC[C@H](N)C(=O)O. The average molecular weight is 854 g/mol. The van der Waals surface area contributed by atoms with Crippen molar-refractivity contribution in [2.75, 3.05) is 19.8 Å². The van der Waals surface area contributed by atoms with Crippen LogP contribution >= 0.6 is 7.82 Å². The second kappa shape index (κ2) is 41.4. The maximum absolute atomic E-state index is 12.6. The maximum Gasteiger partial charge on any atom is 0.472 e. The van der Waals surface area contributed by atoms with E-state index >= 15 is 0 Å². The van der Waals surface area contributed by atoms with E-state index in [1.807, 2.05) is 30.4 Å². The van der Waals surface area contributed by atoms with Crippen molar-refractivity contribution in [3.05, 3.63) is 134 Å². The lowest BCUT2D eigenvalue weighted by Gasteiger charge is -2.20. The van der Waals surface area contributed by atoms with Crippen molar-refractivity contribution in [2.24, 2.45) is 5.73 Å². The number of ether oxygens (including phenoxy) is 2. The van der Waals surface area contributed by atoms with Gasteiger partial charge < -0.3 is 25.2 Å². The van der Waals surface area contributed by atoms with E-state index in [2.05, 4.69) is 122 Å². The Balaban J connectivity index is 4.63. The summed E-state index contributed by atoms with van der Waals surface area (Å²) in [6, 6.07) is -1.55.